The van der Waals surface area contributed by atoms with E-state index in [1.165, 1.54) is 0 Å². The Hall–Kier alpha value is -1.78. The van der Waals surface area contributed by atoms with Crippen molar-refractivity contribution < 1.29 is 0 Å². The molecular weight excluding hydrogens is 533 g/mol. The number of rotatable bonds is 0. The van der Waals surface area contributed by atoms with E-state index in [0.717, 1.165) is 16.2 Å². The summed E-state index contributed by atoms with van der Waals surface area (Å²) in [6, 6.07) is 11.3. The summed E-state index contributed by atoms with van der Waals surface area (Å²) in [4.78, 5) is 26.0. The van der Waals surface area contributed by atoms with Gasteiger partial charge in [-0.1, -0.05) is 93.9 Å². The number of halogens is 6. The standard InChI is InChI=1S/C24H6Cl6O2/c25-10-6-8-5-7-3-1-2-4-9(7)12-11(8)14-13(10)18(26)21(29)19(27)15(14)16-17(12)23(31)24(32)22(30)20(16)28/h1-6H. The molecule has 0 N–H and O–H groups in total. The SMILES string of the molecule is O=c1c(Cl)c(Cl)c2c3c(Cl)c(Cl)c(Cl)c4c(Cl)cc5cc6ccccc6c(c2c1=O)c5c43. The molecule has 0 aliphatic heterocycles. The van der Waals surface area contributed by atoms with Gasteiger partial charge in [0.05, 0.1) is 25.1 Å². The van der Waals surface area contributed by atoms with Crippen LogP contribution in [-0.2, 0) is 0 Å². The minimum Gasteiger partial charge on any atom is -0.285 e. The molecule has 0 aromatic heterocycles. The third-order valence-corrected chi connectivity index (χ3v) is 8.43. The lowest BCUT2D eigenvalue weighted by atomic mass is 9.86. The molecule has 0 aliphatic carbocycles. The van der Waals surface area contributed by atoms with Crippen molar-refractivity contribution in [2.45, 2.75) is 0 Å². The molecule has 8 heteroatoms. The lowest BCUT2D eigenvalue weighted by molar-refractivity contribution is 1.55. The average molecular weight is 539 g/mol. The predicted octanol–water partition coefficient (Wildman–Crippen LogP) is 8.97. The maximum atomic E-state index is 13.3. The number of fused-ring (bicyclic) bond motifs is 5. The summed E-state index contributed by atoms with van der Waals surface area (Å²) >= 11 is 39.2. The first-order valence-corrected chi connectivity index (χ1v) is 11.5. The van der Waals surface area contributed by atoms with E-state index in [0.29, 0.717) is 32.0 Å². The van der Waals surface area contributed by atoms with Crippen molar-refractivity contribution in [2.75, 3.05) is 0 Å². The summed E-state index contributed by atoms with van der Waals surface area (Å²) in [5.41, 5.74) is -1.63. The van der Waals surface area contributed by atoms with Crippen LogP contribution in [0.25, 0.3) is 53.9 Å². The smallest absolute Gasteiger partial charge is 0.246 e. The first kappa shape index (κ1) is 20.8. The molecule has 0 atom stereocenters. The lowest BCUT2D eigenvalue weighted by Crippen LogP contribution is -2.25. The Bertz CT molecular complexity index is 1930. The predicted molar refractivity (Wildman–Crippen MR) is 139 cm³/mol. The van der Waals surface area contributed by atoms with Gasteiger partial charge in [-0.05, 0) is 33.7 Å². The molecule has 6 rings (SSSR count). The van der Waals surface area contributed by atoms with E-state index >= 15 is 0 Å². The second-order valence-electron chi connectivity index (χ2n) is 7.53. The molecular formula is C24H6Cl6O2. The quantitative estimate of drug-likeness (QED) is 0.0836. The highest BCUT2D eigenvalue weighted by Crippen LogP contribution is 2.53. The maximum absolute atomic E-state index is 13.3. The van der Waals surface area contributed by atoms with Crippen molar-refractivity contribution in [2.24, 2.45) is 0 Å². The minimum absolute atomic E-state index is 0.0677. The molecule has 0 amide bonds. The van der Waals surface area contributed by atoms with Crippen LogP contribution in [-0.4, -0.2) is 0 Å². The Balaban J connectivity index is 2.24. The Kier molecular flexibility index (Phi) is 4.46. The van der Waals surface area contributed by atoms with Crippen LogP contribution in [0.2, 0.25) is 30.1 Å². The van der Waals surface area contributed by atoms with E-state index in [-0.39, 0.29) is 35.9 Å². The van der Waals surface area contributed by atoms with Gasteiger partial charge in [0.25, 0.3) is 0 Å². The molecule has 0 fully saturated rings. The number of benzene rings is 6. The first-order chi connectivity index (χ1) is 15.2. The zero-order valence-electron chi connectivity index (χ0n) is 15.5. The minimum atomic E-state index is -0.874. The molecule has 0 saturated heterocycles. The fraction of sp³-hybridized carbons (Fsp3) is 0. The normalized spacial score (nSPS) is 12.3. The topological polar surface area (TPSA) is 34.1 Å². The number of hydrogen-bond donors (Lipinski definition) is 0. The van der Waals surface area contributed by atoms with Crippen LogP contribution in [0.3, 0.4) is 0 Å². The summed E-state index contributed by atoms with van der Waals surface area (Å²) in [5.74, 6) is 0. The fourth-order valence-corrected chi connectivity index (χ4v) is 6.33. The molecule has 2 nitrogen and oxygen atoms in total. The molecule has 32 heavy (non-hydrogen) atoms. The van der Waals surface area contributed by atoms with Gasteiger partial charge in [-0.15, -0.1) is 0 Å². The van der Waals surface area contributed by atoms with Gasteiger partial charge in [-0.2, -0.15) is 0 Å². The van der Waals surface area contributed by atoms with Crippen molar-refractivity contribution in [3.05, 3.63) is 87.0 Å². The van der Waals surface area contributed by atoms with Crippen molar-refractivity contribution in [1.29, 1.82) is 0 Å². The molecule has 0 heterocycles. The summed E-state index contributed by atoms with van der Waals surface area (Å²) in [5, 5.41) is 5.81. The summed E-state index contributed by atoms with van der Waals surface area (Å²) in [6.45, 7) is 0. The van der Waals surface area contributed by atoms with Crippen molar-refractivity contribution in [3.8, 4) is 0 Å². The molecule has 156 valence electrons. The second kappa shape index (κ2) is 6.87. The summed E-state index contributed by atoms with van der Waals surface area (Å²) in [6.07, 6.45) is 0. The van der Waals surface area contributed by atoms with Gasteiger partial charge >= 0.3 is 0 Å². The highest BCUT2D eigenvalue weighted by molar-refractivity contribution is 6.59. The van der Waals surface area contributed by atoms with Crippen LogP contribution < -0.4 is 10.9 Å². The molecule has 0 radical (unpaired) electrons. The summed E-state index contributed by atoms with van der Waals surface area (Å²) in [7, 11) is 0. The Morgan fingerprint density at radius 1 is 0.469 bits per heavy atom. The average Bonchev–Trinajstić information content (AvgIpc) is 2.78. The van der Waals surface area contributed by atoms with Crippen molar-refractivity contribution in [3.63, 3.8) is 0 Å². The largest absolute Gasteiger partial charge is 0.285 e. The van der Waals surface area contributed by atoms with E-state index in [1.54, 1.807) is 6.07 Å². The lowest BCUT2D eigenvalue weighted by Gasteiger charge is -2.20. The van der Waals surface area contributed by atoms with Gasteiger partial charge in [0.15, 0.2) is 0 Å². The Morgan fingerprint density at radius 2 is 1.09 bits per heavy atom. The third kappa shape index (κ3) is 2.41. The van der Waals surface area contributed by atoms with Gasteiger partial charge in [0, 0.05) is 32.3 Å². The van der Waals surface area contributed by atoms with E-state index in [1.807, 2.05) is 30.3 Å². The maximum Gasteiger partial charge on any atom is 0.246 e. The zero-order chi connectivity index (χ0) is 22.6. The highest BCUT2D eigenvalue weighted by atomic mass is 35.5. The number of hydrogen-bond acceptors (Lipinski definition) is 2. The van der Waals surface area contributed by atoms with Crippen LogP contribution in [0.4, 0.5) is 0 Å². The molecule has 0 aliphatic rings. The van der Waals surface area contributed by atoms with Crippen LogP contribution in [0.1, 0.15) is 0 Å². The molecule has 0 spiro atoms. The van der Waals surface area contributed by atoms with Crippen LogP contribution in [0.15, 0.2) is 46.0 Å². The van der Waals surface area contributed by atoms with Gasteiger partial charge in [-0.25, -0.2) is 0 Å². The van der Waals surface area contributed by atoms with Gasteiger partial charge in [0.2, 0.25) is 10.9 Å². The monoisotopic (exact) mass is 536 g/mol. The van der Waals surface area contributed by atoms with Crippen molar-refractivity contribution in [1.82, 2.24) is 0 Å². The molecule has 6 aromatic carbocycles. The van der Waals surface area contributed by atoms with Crippen LogP contribution in [0.5, 0.6) is 0 Å². The second-order valence-corrected chi connectivity index (χ2v) is 9.83. The Morgan fingerprint density at radius 3 is 1.84 bits per heavy atom. The molecule has 0 unspecified atom stereocenters. The van der Waals surface area contributed by atoms with E-state index in [9.17, 15) is 9.59 Å². The highest BCUT2D eigenvalue weighted by Gasteiger charge is 2.27. The third-order valence-electron chi connectivity index (χ3n) is 5.97. The zero-order valence-corrected chi connectivity index (χ0v) is 20.1. The van der Waals surface area contributed by atoms with Crippen molar-refractivity contribution >= 4 is 123 Å². The Labute approximate surface area is 209 Å². The molecule has 0 bridgehead atoms. The molecule has 6 aromatic rings. The van der Waals surface area contributed by atoms with E-state index < -0.39 is 10.9 Å². The van der Waals surface area contributed by atoms with E-state index in [2.05, 4.69) is 0 Å². The van der Waals surface area contributed by atoms with Crippen LogP contribution >= 0.6 is 69.6 Å². The fourth-order valence-electron chi connectivity index (χ4n) is 4.71. The van der Waals surface area contributed by atoms with Crippen LogP contribution in [0, 0.1) is 0 Å². The van der Waals surface area contributed by atoms with Gasteiger partial charge in [-0.3, -0.25) is 9.59 Å². The van der Waals surface area contributed by atoms with Gasteiger partial charge < -0.3 is 0 Å². The first-order valence-electron chi connectivity index (χ1n) is 9.27. The molecule has 0 saturated carbocycles. The summed E-state index contributed by atoms with van der Waals surface area (Å²) < 4.78 is 0. The van der Waals surface area contributed by atoms with E-state index in [4.69, 9.17) is 69.6 Å². The van der Waals surface area contributed by atoms with Gasteiger partial charge in [0.1, 0.15) is 5.02 Å².